The first-order chi connectivity index (χ1) is 6.59. The highest BCUT2D eigenvalue weighted by atomic mass is 127. The van der Waals surface area contributed by atoms with Gasteiger partial charge in [-0.05, 0) is 28.7 Å². The van der Waals surface area contributed by atoms with Crippen molar-refractivity contribution in [2.45, 2.75) is 0 Å². The van der Waals surface area contributed by atoms with Crippen molar-refractivity contribution >= 4 is 61.6 Å². The molecule has 72 valence electrons. The molecule has 2 rings (SSSR count). The highest BCUT2D eigenvalue weighted by molar-refractivity contribution is 14.1. The highest BCUT2D eigenvalue weighted by Gasteiger charge is 2.15. The molecular formula is C8H3ClINO2S. The molecule has 1 N–H and O–H groups in total. The number of halogens is 2. The summed E-state index contributed by atoms with van der Waals surface area (Å²) in [7, 11) is 0. The van der Waals surface area contributed by atoms with Crippen molar-refractivity contribution in [3.8, 4) is 0 Å². The van der Waals surface area contributed by atoms with Gasteiger partial charge in [-0.2, -0.15) is 0 Å². The van der Waals surface area contributed by atoms with E-state index in [0.717, 1.165) is 13.7 Å². The molecule has 0 radical (unpaired) electrons. The van der Waals surface area contributed by atoms with Crippen molar-refractivity contribution in [1.82, 2.24) is 4.98 Å². The Balaban J connectivity index is 2.79. The molecule has 2 aromatic rings. The van der Waals surface area contributed by atoms with Gasteiger partial charge in [-0.3, -0.25) is 0 Å². The molecule has 14 heavy (non-hydrogen) atoms. The minimum Gasteiger partial charge on any atom is -0.477 e. The van der Waals surface area contributed by atoms with Crippen LogP contribution in [0.5, 0.6) is 0 Å². The summed E-state index contributed by atoms with van der Waals surface area (Å²) in [5, 5.41) is 10.1. The lowest BCUT2D eigenvalue weighted by atomic mass is 10.3. The second kappa shape index (κ2) is 3.63. The molecule has 0 amide bonds. The van der Waals surface area contributed by atoms with E-state index in [1.54, 1.807) is 12.3 Å². The molecule has 0 aliphatic heterocycles. The second-order valence-electron chi connectivity index (χ2n) is 2.55. The summed E-state index contributed by atoms with van der Waals surface area (Å²) in [4.78, 5) is 15.1. The molecule has 2 heterocycles. The number of aromatic carboxylic acids is 1. The molecule has 3 nitrogen and oxygen atoms in total. The van der Waals surface area contributed by atoms with Crippen molar-refractivity contribution in [3.05, 3.63) is 25.9 Å². The smallest absolute Gasteiger partial charge is 0.347 e. The van der Waals surface area contributed by atoms with Gasteiger partial charge in [-0.15, -0.1) is 11.3 Å². The van der Waals surface area contributed by atoms with Crippen molar-refractivity contribution in [2.75, 3.05) is 0 Å². The van der Waals surface area contributed by atoms with Crippen LogP contribution in [0.25, 0.3) is 10.1 Å². The van der Waals surface area contributed by atoms with E-state index in [0.29, 0.717) is 10.0 Å². The van der Waals surface area contributed by atoms with Gasteiger partial charge >= 0.3 is 5.97 Å². The highest BCUT2D eigenvalue weighted by Crippen LogP contribution is 2.32. The largest absolute Gasteiger partial charge is 0.477 e. The molecule has 0 spiro atoms. The topological polar surface area (TPSA) is 50.2 Å². The van der Waals surface area contributed by atoms with Gasteiger partial charge in [-0.25, -0.2) is 9.78 Å². The Labute approximate surface area is 102 Å². The first-order valence-corrected chi connectivity index (χ1v) is 5.83. The molecule has 0 aliphatic carbocycles. The van der Waals surface area contributed by atoms with Gasteiger partial charge in [0.15, 0.2) is 0 Å². The number of aromatic nitrogens is 1. The summed E-state index contributed by atoms with van der Waals surface area (Å²) in [6.07, 6.45) is 1.60. The van der Waals surface area contributed by atoms with Crippen molar-refractivity contribution in [3.63, 3.8) is 0 Å². The Morgan fingerprint density at radius 1 is 1.64 bits per heavy atom. The van der Waals surface area contributed by atoms with Crippen LogP contribution >= 0.6 is 45.5 Å². The molecular weight excluding hydrogens is 337 g/mol. The molecule has 0 fully saturated rings. The van der Waals surface area contributed by atoms with Crippen LogP contribution in [0, 0.1) is 3.57 Å². The number of rotatable bonds is 1. The molecule has 0 bridgehead atoms. The third-order valence-corrected chi connectivity index (χ3v) is 4.51. The number of carboxylic acids is 1. The number of fused-ring (bicyclic) bond motifs is 1. The third-order valence-electron chi connectivity index (χ3n) is 1.67. The molecule has 0 saturated heterocycles. The third kappa shape index (κ3) is 1.59. The lowest BCUT2D eigenvalue weighted by Crippen LogP contribution is -1.93. The number of hydrogen-bond acceptors (Lipinski definition) is 3. The SMILES string of the molecule is O=C(O)c1sc2cc(Cl)ncc2c1I. The van der Waals surface area contributed by atoms with E-state index in [4.69, 9.17) is 16.7 Å². The van der Waals surface area contributed by atoms with Crippen LogP contribution in [-0.4, -0.2) is 16.1 Å². The minimum atomic E-state index is -0.910. The lowest BCUT2D eigenvalue weighted by Gasteiger charge is -1.90. The predicted molar refractivity (Wildman–Crippen MR) is 64.3 cm³/mol. The fourth-order valence-electron chi connectivity index (χ4n) is 1.08. The van der Waals surface area contributed by atoms with Gasteiger partial charge in [0.25, 0.3) is 0 Å². The second-order valence-corrected chi connectivity index (χ2v) is 5.07. The first kappa shape index (κ1) is 10.1. The molecule has 0 aromatic carbocycles. The van der Waals surface area contributed by atoms with Crippen LogP contribution < -0.4 is 0 Å². The summed E-state index contributed by atoms with van der Waals surface area (Å²) in [6, 6.07) is 1.68. The van der Waals surface area contributed by atoms with Crippen molar-refractivity contribution in [2.24, 2.45) is 0 Å². The standard InChI is InChI=1S/C8H3ClINO2S/c9-5-1-4-3(2-11-5)6(10)7(14-4)8(12)13/h1-2H,(H,12,13). The molecule has 2 aromatic heterocycles. The Morgan fingerprint density at radius 3 is 3.00 bits per heavy atom. The van der Waals surface area contributed by atoms with E-state index in [-0.39, 0.29) is 0 Å². The van der Waals surface area contributed by atoms with E-state index in [2.05, 4.69) is 4.98 Å². The van der Waals surface area contributed by atoms with Gasteiger partial charge in [0.1, 0.15) is 10.0 Å². The maximum Gasteiger partial charge on any atom is 0.347 e. The molecule has 0 saturated carbocycles. The fraction of sp³-hybridized carbons (Fsp3) is 0. The molecule has 0 atom stereocenters. The van der Waals surface area contributed by atoms with Crippen LogP contribution in [0.1, 0.15) is 9.67 Å². The Morgan fingerprint density at radius 2 is 2.36 bits per heavy atom. The van der Waals surface area contributed by atoms with E-state index in [1.807, 2.05) is 22.6 Å². The van der Waals surface area contributed by atoms with Gasteiger partial charge in [-0.1, -0.05) is 11.6 Å². The summed E-state index contributed by atoms with van der Waals surface area (Å²) < 4.78 is 1.58. The minimum absolute atomic E-state index is 0.338. The van der Waals surface area contributed by atoms with Gasteiger partial charge in [0.05, 0.1) is 0 Å². The summed E-state index contributed by atoms with van der Waals surface area (Å²) >= 11 is 8.93. The van der Waals surface area contributed by atoms with Crippen LogP contribution in [0.15, 0.2) is 12.3 Å². The summed E-state index contributed by atoms with van der Waals surface area (Å²) in [5.41, 5.74) is 0. The average molecular weight is 340 g/mol. The molecule has 0 unspecified atom stereocenters. The zero-order valence-electron chi connectivity index (χ0n) is 6.62. The van der Waals surface area contributed by atoms with Crippen LogP contribution in [-0.2, 0) is 0 Å². The quantitative estimate of drug-likeness (QED) is 0.641. The van der Waals surface area contributed by atoms with Gasteiger partial charge in [0.2, 0.25) is 0 Å². The Hall–Kier alpha value is -0.400. The summed E-state index contributed by atoms with van der Waals surface area (Å²) in [6.45, 7) is 0. The molecule has 6 heteroatoms. The number of pyridine rings is 1. The van der Waals surface area contributed by atoms with E-state index < -0.39 is 5.97 Å². The zero-order valence-corrected chi connectivity index (χ0v) is 10.4. The van der Waals surface area contributed by atoms with Crippen molar-refractivity contribution in [1.29, 1.82) is 0 Å². The first-order valence-electron chi connectivity index (χ1n) is 3.56. The van der Waals surface area contributed by atoms with Gasteiger partial charge in [0, 0.05) is 19.9 Å². The number of carbonyl (C=O) groups is 1. The van der Waals surface area contributed by atoms with E-state index in [9.17, 15) is 4.79 Å². The number of hydrogen-bond donors (Lipinski definition) is 1. The Bertz CT molecular complexity index is 525. The maximum absolute atomic E-state index is 10.8. The van der Waals surface area contributed by atoms with Crippen molar-refractivity contribution < 1.29 is 9.90 Å². The maximum atomic E-state index is 10.8. The predicted octanol–water partition coefficient (Wildman–Crippen LogP) is 3.25. The number of thiophene rings is 1. The van der Waals surface area contributed by atoms with Crippen LogP contribution in [0.3, 0.4) is 0 Å². The fourth-order valence-corrected chi connectivity index (χ4v) is 3.42. The van der Waals surface area contributed by atoms with E-state index >= 15 is 0 Å². The van der Waals surface area contributed by atoms with Crippen LogP contribution in [0.2, 0.25) is 5.15 Å². The van der Waals surface area contributed by atoms with E-state index in [1.165, 1.54) is 11.3 Å². The zero-order chi connectivity index (χ0) is 10.3. The van der Waals surface area contributed by atoms with Gasteiger partial charge < -0.3 is 5.11 Å². The normalized spacial score (nSPS) is 10.7. The number of nitrogens with zero attached hydrogens (tertiary/aromatic N) is 1. The Kier molecular flexibility index (Phi) is 2.63. The molecule has 0 aliphatic rings. The monoisotopic (exact) mass is 339 g/mol. The number of carboxylic acid groups (broad SMARTS) is 1. The summed E-state index contributed by atoms with van der Waals surface area (Å²) in [5.74, 6) is -0.910. The van der Waals surface area contributed by atoms with Crippen LogP contribution in [0.4, 0.5) is 0 Å². The lowest BCUT2D eigenvalue weighted by molar-refractivity contribution is 0.0701. The average Bonchev–Trinajstić information content (AvgIpc) is 2.43.